The van der Waals surface area contributed by atoms with Crippen LogP contribution in [0.3, 0.4) is 0 Å². The Morgan fingerprint density at radius 3 is 2.71 bits per heavy atom. The zero-order valence-corrected chi connectivity index (χ0v) is 10.8. The van der Waals surface area contributed by atoms with E-state index in [0.29, 0.717) is 0 Å². The minimum Gasteiger partial charge on any atom is -0.358 e. The lowest BCUT2D eigenvalue weighted by Gasteiger charge is -2.30. The Morgan fingerprint density at radius 2 is 2.18 bits per heavy atom. The van der Waals surface area contributed by atoms with E-state index in [9.17, 15) is 0 Å². The highest BCUT2D eigenvalue weighted by molar-refractivity contribution is 5.36. The van der Waals surface area contributed by atoms with Crippen LogP contribution in [0, 0.1) is 5.92 Å². The summed E-state index contributed by atoms with van der Waals surface area (Å²) in [6.07, 6.45) is 4.14. The zero-order chi connectivity index (χ0) is 12.1. The van der Waals surface area contributed by atoms with Crippen LogP contribution in [0.5, 0.6) is 0 Å². The molecule has 1 N–H and O–H groups in total. The second-order valence-corrected chi connectivity index (χ2v) is 4.84. The highest BCUT2D eigenvalue weighted by atomic mass is 15.2. The summed E-state index contributed by atoms with van der Waals surface area (Å²) >= 11 is 0. The van der Waals surface area contributed by atoms with Gasteiger partial charge in [0, 0.05) is 20.1 Å². The molecular weight excluding hydrogens is 212 g/mol. The van der Waals surface area contributed by atoms with E-state index >= 15 is 0 Å². The SMILES string of the molecule is CCNCc1ccc(N(C)CC2CCC2)nn1. The van der Waals surface area contributed by atoms with Crippen molar-refractivity contribution >= 4 is 5.82 Å². The summed E-state index contributed by atoms with van der Waals surface area (Å²) in [4.78, 5) is 2.22. The molecule has 1 aromatic rings. The molecule has 0 radical (unpaired) electrons. The number of hydrogen-bond donors (Lipinski definition) is 1. The first-order valence-electron chi connectivity index (χ1n) is 6.54. The van der Waals surface area contributed by atoms with Gasteiger partial charge in [-0.15, -0.1) is 5.10 Å². The first kappa shape index (κ1) is 12.3. The molecule has 17 heavy (non-hydrogen) atoms. The van der Waals surface area contributed by atoms with Crippen LogP contribution in [0.1, 0.15) is 31.9 Å². The Hall–Kier alpha value is -1.16. The summed E-state index contributed by atoms with van der Waals surface area (Å²) < 4.78 is 0. The van der Waals surface area contributed by atoms with Gasteiger partial charge in [-0.3, -0.25) is 0 Å². The van der Waals surface area contributed by atoms with E-state index in [1.54, 1.807) is 0 Å². The minimum atomic E-state index is 0.802. The van der Waals surface area contributed by atoms with Gasteiger partial charge in [0.1, 0.15) is 0 Å². The summed E-state index contributed by atoms with van der Waals surface area (Å²) in [6.45, 7) is 4.97. The number of aromatic nitrogens is 2. The van der Waals surface area contributed by atoms with Gasteiger partial charge < -0.3 is 10.2 Å². The van der Waals surface area contributed by atoms with Crippen molar-refractivity contribution in [3.8, 4) is 0 Å². The van der Waals surface area contributed by atoms with E-state index in [0.717, 1.165) is 37.1 Å². The van der Waals surface area contributed by atoms with E-state index in [1.807, 2.05) is 0 Å². The molecule has 4 nitrogen and oxygen atoms in total. The maximum absolute atomic E-state index is 4.28. The van der Waals surface area contributed by atoms with Crippen LogP contribution in [0.15, 0.2) is 12.1 Å². The third-order valence-electron chi connectivity index (χ3n) is 3.41. The molecule has 4 heteroatoms. The average molecular weight is 234 g/mol. The largest absolute Gasteiger partial charge is 0.358 e. The molecule has 0 atom stereocenters. The third-order valence-corrected chi connectivity index (χ3v) is 3.41. The molecule has 0 aliphatic heterocycles. The van der Waals surface area contributed by atoms with Gasteiger partial charge in [0.15, 0.2) is 5.82 Å². The van der Waals surface area contributed by atoms with Gasteiger partial charge >= 0.3 is 0 Å². The van der Waals surface area contributed by atoms with Crippen LogP contribution < -0.4 is 10.2 Å². The second kappa shape index (κ2) is 5.96. The van der Waals surface area contributed by atoms with Gasteiger partial charge in [-0.1, -0.05) is 13.3 Å². The van der Waals surface area contributed by atoms with Crippen LogP contribution in [-0.2, 0) is 6.54 Å². The zero-order valence-electron chi connectivity index (χ0n) is 10.8. The molecule has 0 saturated heterocycles. The van der Waals surface area contributed by atoms with Gasteiger partial charge in [-0.05, 0) is 37.4 Å². The summed E-state index contributed by atoms with van der Waals surface area (Å²) in [5.41, 5.74) is 1.01. The number of anilines is 1. The summed E-state index contributed by atoms with van der Waals surface area (Å²) in [5.74, 6) is 1.85. The van der Waals surface area contributed by atoms with Gasteiger partial charge in [0.25, 0.3) is 0 Å². The fraction of sp³-hybridized carbons (Fsp3) is 0.692. The molecule has 1 heterocycles. The lowest BCUT2D eigenvalue weighted by Crippen LogP contribution is -2.30. The Kier molecular flexibility index (Phi) is 4.31. The molecule has 1 aliphatic rings. The second-order valence-electron chi connectivity index (χ2n) is 4.84. The third kappa shape index (κ3) is 3.40. The van der Waals surface area contributed by atoms with Gasteiger partial charge in [-0.25, -0.2) is 0 Å². The van der Waals surface area contributed by atoms with Gasteiger partial charge in [-0.2, -0.15) is 5.10 Å². The molecule has 2 rings (SSSR count). The van der Waals surface area contributed by atoms with Crippen LogP contribution >= 0.6 is 0 Å². The van der Waals surface area contributed by atoms with Crippen LogP contribution in [-0.4, -0.2) is 30.3 Å². The van der Waals surface area contributed by atoms with Gasteiger partial charge in [0.05, 0.1) is 5.69 Å². The van der Waals surface area contributed by atoms with Crippen LogP contribution in [0.4, 0.5) is 5.82 Å². The maximum atomic E-state index is 4.28. The van der Waals surface area contributed by atoms with E-state index in [2.05, 4.69) is 46.5 Å². The van der Waals surface area contributed by atoms with Crippen molar-refractivity contribution in [3.63, 3.8) is 0 Å². The van der Waals surface area contributed by atoms with Crippen molar-refractivity contribution in [2.24, 2.45) is 5.92 Å². The highest BCUT2D eigenvalue weighted by Gasteiger charge is 2.19. The van der Waals surface area contributed by atoms with Crippen molar-refractivity contribution in [3.05, 3.63) is 17.8 Å². The lowest BCUT2D eigenvalue weighted by atomic mass is 9.85. The van der Waals surface area contributed by atoms with Crippen molar-refractivity contribution in [2.45, 2.75) is 32.7 Å². The van der Waals surface area contributed by atoms with E-state index in [-0.39, 0.29) is 0 Å². The summed E-state index contributed by atoms with van der Waals surface area (Å²) in [5, 5.41) is 11.8. The lowest BCUT2D eigenvalue weighted by molar-refractivity contribution is 0.321. The molecule has 0 bridgehead atoms. The first-order chi connectivity index (χ1) is 8.29. The van der Waals surface area contributed by atoms with E-state index in [4.69, 9.17) is 0 Å². The Labute approximate surface area is 103 Å². The molecule has 0 unspecified atom stereocenters. The molecule has 0 spiro atoms. The Bertz CT molecular complexity index is 332. The molecular formula is C13H22N4. The predicted octanol–water partition coefficient (Wildman–Crippen LogP) is 1.82. The van der Waals surface area contributed by atoms with Gasteiger partial charge in [0.2, 0.25) is 0 Å². The first-order valence-corrected chi connectivity index (χ1v) is 6.54. The normalized spacial score (nSPS) is 15.6. The topological polar surface area (TPSA) is 41.0 Å². The Morgan fingerprint density at radius 1 is 1.35 bits per heavy atom. The smallest absolute Gasteiger partial charge is 0.150 e. The molecule has 1 aromatic heterocycles. The van der Waals surface area contributed by atoms with Crippen molar-refractivity contribution in [2.75, 3.05) is 25.0 Å². The number of nitrogens with one attached hydrogen (secondary N) is 1. The maximum Gasteiger partial charge on any atom is 0.150 e. The predicted molar refractivity (Wildman–Crippen MR) is 70.0 cm³/mol. The monoisotopic (exact) mass is 234 g/mol. The standard InChI is InChI=1S/C13H22N4/c1-3-14-9-12-7-8-13(16-15-12)17(2)10-11-5-4-6-11/h7-8,11,14H,3-6,9-10H2,1-2H3. The fourth-order valence-corrected chi connectivity index (χ4v) is 2.06. The van der Waals surface area contributed by atoms with Crippen LogP contribution in [0.25, 0.3) is 0 Å². The Balaban J connectivity index is 1.87. The molecule has 0 amide bonds. The fourth-order valence-electron chi connectivity index (χ4n) is 2.06. The number of rotatable bonds is 6. The average Bonchev–Trinajstić information content (AvgIpc) is 2.31. The molecule has 1 saturated carbocycles. The number of nitrogens with zero attached hydrogens (tertiary/aromatic N) is 3. The molecule has 0 aromatic carbocycles. The van der Waals surface area contributed by atoms with Crippen molar-refractivity contribution in [1.29, 1.82) is 0 Å². The van der Waals surface area contributed by atoms with Crippen LogP contribution in [0.2, 0.25) is 0 Å². The molecule has 94 valence electrons. The molecule has 1 fully saturated rings. The van der Waals surface area contributed by atoms with Crippen molar-refractivity contribution in [1.82, 2.24) is 15.5 Å². The summed E-state index contributed by atoms with van der Waals surface area (Å²) in [7, 11) is 2.10. The highest BCUT2D eigenvalue weighted by Crippen LogP contribution is 2.27. The molecule has 1 aliphatic carbocycles. The number of hydrogen-bond acceptors (Lipinski definition) is 4. The quantitative estimate of drug-likeness (QED) is 0.815. The van der Waals surface area contributed by atoms with E-state index in [1.165, 1.54) is 19.3 Å². The minimum absolute atomic E-state index is 0.802. The van der Waals surface area contributed by atoms with E-state index < -0.39 is 0 Å². The summed E-state index contributed by atoms with van der Waals surface area (Å²) in [6, 6.07) is 4.13. The van der Waals surface area contributed by atoms with Crippen molar-refractivity contribution < 1.29 is 0 Å².